The first-order valence-corrected chi connectivity index (χ1v) is 10.9. The predicted octanol–water partition coefficient (Wildman–Crippen LogP) is 0.633. The van der Waals surface area contributed by atoms with E-state index in [1.54, 1.807) is 24.3 Å². The number of nitrogens with one attached hydrogen (secondary N) is 2. The number of anilines is 1. The lowest BCUT2D eigenvalue weighted by atomic mass is 10.1. The van der Waals surface area contributed by atoms with Crippen molar-refractivity contribution in [2.75, 3.05) is 31.3 Å². The Hall–Kier alpha value is -3.67. The number of ether oxygens (including phenoxy) is 1. The van der Waals surface area contributed by atoms with Gasteiger partial charge in [0.15, 0.2) is 16.4 Å². The summed E-state index contributed by atoms with van der Waals surface area (Å²) >= 11 is 0. The molecule has 0 unspecified atom stereocenters. The third-order valence-electron chi connectivity index (χ3n) is 4.03. The van der Waals surface area contributed by atoms with Crippen LogP contribution in [-0.4, -0.2) is 51.1 Å². The van der Waals surface area contributed by atoms with Crippen LogP contribution >= 0.6 is 0 Å². The Kier molecular flexibility index (Phi) is 7.91. The van der Waals surface area contributed by atoms with Gasteiger partial charge >= 0.3 is 0 Å². The standard InChI is InChI=1S/C19H22N4O7S/c1-31(28,29)15-6-7-16(17(11-15)23(26)27)21-8-9-22-19(25)12-30-14-4-2-13(3-5-14)10-18(20)24/h2-7,11,21H,8-10,12H2,1H3,(H2,20,24)(H,22,25). The Labute approximate surface area is 178 Å². The molecule has 0 atom stereocenters. The molecule has 4 N–H and O–H groups in total. The molecule has 0 saturated carbocycles. The van der Waals surface area contributed by atoms with E-state index in [4.69, 9.17) is 10.5 Å². The van der Waals surface area contributed by atoms with Gasteiger partial charge in [0.1, 0.15) is 11.4 Å². The molecule has 0 aliphatic heterocycles. The van der Waals surface area contributed by atoms with Crippen LogP contribution in [0.2, 0.25) is 0 Å². The van der Waals surface area contributed by atoms with Crippen molar-refractivity contribution in [1.82, 2.24) is 5.32 Å². The summed E-state index contributed by atoms with van der Waals surface area (Å²) in [5.74, 6) is -0.397. The van der Waals surface area contributed by atoms with Gasteiger partial charge in [0, 0.05) is 25.4 Å². The van der Waals surface area contributed by atoms with Crippen LogP contribution in [0.15, 0.2) is 47.4 Å². The molecule has 0 aromatic heterocycles. The van der Waals surface area contributed by atoms with E-state index in [0.717, 1.165) is 17.9 Å². The molecule has 0 spiro atoms. The Bertz CT molecular complexity index is 1070. The molecule has 11 nitrogen and oxygen atoms in total. The van der Waals surface area contributed by atoms with Gasteiger partial charge in [-0.3, -0.25) is 19.7 Å². The smallest absolute Gasteiger partial charge is 0.293 e. The first kappa shape index (κ1) is 23.6. The molecule has 2 rings (SSSR count). The van der Waals surface area contributed by atoms with Crippen molar-refractivity contribution >= 4 is 33.0 Å². The lowest BCUT2D eigenvalue weighted by Crippen LogP contribution is -2.32. The summed E-state index contributed by atoms with van der Waals surface area (Å²) in [5, 5.41) is 16.6. The summed E-state index contributed by atoms with van der Waals surface area (Å²) in [6.07, 6.45) is 1.08. The highest BCUT2D eigenvalue weighted by Crippen LogP contribution is 2.27. The molecule has 0 aliphatic rings. The third kappa shape index (κ3) is 7.59. The van der Waals surface area contributed by atoms with Gasteiger partial charge in [-0.15, -0.1) is 0 Å². The van der Waals surface area contributed by atoms with Crippen LogP contribution in [0.4, 0.5) is 11.4 Å². The Balaban J connectivity index is 1.80. The number of benzene rings is 2. The van der Waals surface area contributed by atoms with Crippen LogP contribution in [0, 0.1) is 10.1 Å². The van der Waals surface area contributed by atoms with Crippen molar-refractivity contribution in [3.8, 4) is 5.75 Å². The van der Waals surface area contributed by atoms with Crippen LogP contribution in [0.5, 0.6) is 5.75 Å². The summed E-state index contributed by atoms with van der Waals surface area (Å²) in [4.78, 5) is 33.1. The van der Waals surface area contributed by atoms with Crippen molar-refractivity contribution in [2.45, 2.75) is 11.3 Å². The molecule has 2 aromatic rings. The normalized spacial score (nSPS) is 10.9. The molecule has 166 valence electrons. The molecule has 0 fully saturated rings. The fraction of sp³-hybridized carbons (Fsp3) is 0.263. The molecule has 2 amide bonds. The SMILES string of the molecule is CS(=O)(=O)c1ccc(NCCNC(=O)COc2ccc(CC(N)=O)cc2)c([N+](=O)[O-])c1. The Morgan fingerprint density at radius 1 is 1.13 bits per heavy atom. The Morgan fingerprint density at radius 3 is 2.39 bits per heavy atom. The van der Waals surface area contributed by atoms with Gasteiger partial charge < -0.3 is 21.1 Å². The predicted molar refractivity (Wildman–Crippen MR) is 113 cm³/mol. The van der Waals surface area contributed by atoms with E-state index in [-0.39, 0.29) is 42.4 Å². The third-order valence-corrected chi connectivity index (χ3v) is 5.14. The van der Waals surface area contributed by atoms with E-state index < -0.39 is 26.6 Å². The van der Waals surface area contributed by atoms with Gasteiger partial charge in [-0.25, -0.2) is 8.42 Å². The monoisotopic (exact) mass is 450 g/mol. The van der Waals surface area contributed by atoms with Crippen LogP contribution < -0.4 is 21.1 Å². The van der Waals surface area contributed by atoms with Crippen LogP contribution in [0.25, 0.3) is 0 Å². The van der Waals surface area contributed by atoms with E-state index >= 15 is 0 Å². The number of hydrogen-bond acceptors (Lipinski definition) is 8. The zero-order valence-corrected chi connectivity index (χ0v) is 17.5. The minimum Gasteiger partial charge on any atom is -0.484 e. The second-order valence-corrected chi connectivity index (χ2v) is 8.58. The van der Waals surface area contributed by atoms with E-state index in [0.29, 0.717) is 5.75 Å². The van der Waals surface area contributed by atoms with Crippen molar-refractivity contribution < 1.29 is 27.7 Å². The highest BCUT2D eigenvalue weighted by atomic mass is 32.2. The first-order chi connectivity index (χ1) is 14.6. The average molecular weight is 450 g/mol. The van der Waals surface area contributed by atoms with E-state index in [1.165, 1.54) is 12.1 Å². The van der Waals surface area contributed by atoms with E-state index in [2.05, 4.69) is 10.6 Å². The summed E-state index contributed by atoms with van der Waals surface area (Å²) in [7, 11) is -3.57. The van der Waals surface area contributed by atoms with Crippen molar-refractivity contribution in [2.24, 2.45) is 5.73 Å². The lowest BCUT2D eigenvalue weighted by Gasteiger charge is -2.10. The number of nitrogens with zero attached hydrogens (tertiary/aromatic N) is 1. The molecular weight excluding hydrogens is 428 g/mol. The van der Waals surface area contributed by atoms with Gasteiger partial charge in [0.05, 0.1) is 16.2 Å². The highest BCUT2D eigenvalue weighted by Gasteiger charge is 2.18. The molecule has 12 heteroatoms. The minimum absolute atomic E-state index is 0.114. The number of hydrogen-bond donors (Lipinski definition) is 3. The van der Waals surface area contributed by atoms with E-state index in [9.17, 15) is 28.1 Å². The maximum Gasteiger partial charge on any atom is 0.293 e. The first-order valence-electron chi connectivity index (χ1n) is 9.05. The van der Waals surface area contributed by atoms with Crippen LogP contribution in [0.1, 0.15) is 5.56 Å². The maximum atomic E-state index is 11.9. The zero-order valence-electron chi connectivity index (χ0n) is 16.7. The van der Waals surface area contributed by atoms with E-state index in [1.807, 2.05) is 0 Å². The molecule has 0 heterocycles. The van der Waals surface area contributed by atoms with Crippen molar-refractivity contribution in [3.63, 3.8) is 0 Å². The van der Waals surface area contributed by atoms with Crippen molar-refractivity contribution in [3.05, 3.63) is 58.1 Å². The van der Waals surface area contributed by atoms with Crippen LogP contribution in [0.3, 0.4) is 0 Å². The number of nitrogens with two attached hydrogens (primary N) is 1. The number of amides is 2. The molecule has 31 heavy (non-hydrogen) atoms. The van der Waals surface area contributed by atoms with Gasteiger partial charge in [0.25, 0.3) is 11.6 Å². The fourth-order valence-corrected chi connectivity index (χ4v) is 3.19. The molecule has 0 radical (unpaired) electrons. The number of carbonyl (C=O) groups excluding carboxylic acids is 2. The average Bonchev–Trinajstić information content (AvgIpc) is 2.69. The number of carbonyl (C=O) groups is 2. The fourth-order valence-electron chi connectivity index (χ4n) is 2.55. The Morgan fingerprint density at radius 2 is 1.81 bits per heavy atom. The lowest BCUT2D eigenvalue weighted by molar-refractivity contribution is -0.384. The largest absolute Gasteiger partial charge is 0.484 e. The van der Waals surface area contributed by atoms with Gasteiger partial charge in [0.2, 0.25) is 5.91 Å². The summed E-state index contributed by atoms with van der Waals surface area (Å²) in [5.41, 5.74) is 5.61. The number of nitro benzene ring substituents is 1. The summed E-state index contributed by atoms with van der Waals surface area (Å²) in [6, 6.07) is 10.1. The van der Waals surface area contributed by atoms with Gasteiger partial charge in [-0.2, -0.15) is 0 Å². The number of primary amides is 1. The zero-order chi connectivity index (χ0) is 23.0. The highest BCUT2D eigenvalue weighted by molar-refractivity contribution is 7.90. The van der Waals surface area contributed by atoms with Crippen LogP contribution in [-0.2, 0) is 25.8 Å². The molecule has 0 saturated heterocycles. The maximum absolute atomic E-state index is 11.9. The number of sulfone groups is 1. The van der Waals surface area contributed by atoms with Gasteiger partial charge in [-0.05, 0) is 29.8 Å². The van der Waals surface area contributed by atoms with Crippen molar-refractivity contribution in [1.29, 1.82) is 0 Å². The minimum atomic E-state index is -3.57. The molecule has 2 aromatic carbocycles. The summed E-state index contributed by atoms with van der Waals surface area (Å²) in [6.45, 7) is 0.0930. The number of rotatable bonds is 11. The molecular formula is C19H22N4O7S. The quantitative estimate of drug-likeness (QED) is 0.254. The second kappa shape index (κ2) is 10.4. The number of nitro groups is 1. The van der Waals surface area contributed by atoms with Gasteiger partial charge in [-0.1, -0.05) is 12.1 Å². The second-order valence-electron chi connectivity index (χ2n) is 6.56. The topological polar surface area (TPSA) is 171 Å². The molecule has 0 aliphatic carbocycles. The molecule has 0 bridgehead atoms. The summed E-state index contributed by atoms with van der Waals surface area (Å²) < 4.78 is 28.5.